The van der Waals surface area contributed by atoms with Crippen LogP contribution in [0.5, 0.6) is 0 Å². The predicted molar refractivity (Wildman–Crippen MR) is 129 cm³/mol. The molecule has 0 unspecified atom stereocenters. The number of rotatable bonds is 6. The molecule has 0 saturated heterocycles. The van der Waals surface area contributed by atoms with Crippen LogP contribution in [0.25, 0.3) is 27.8 Å². The molecule has 2 heterocycles. The van der Waals surface area contributed by atoms with Gasteiger partial charge in [0.05, 0.1) is 11.4 Å². The lowest BCUT2D eigenvalue weighted by Gasteiger charge is -2.12. The maximum Gasteiger partial charge on any atom is 0.283 e. The summed E-state index contributed by atoms with van der Waals surface area (Å²) in [6.45, 7) is 0. The first-order valence-electron chi connectivity index (χ1n) is 10.4. The highest BCUT2D eigenvalue weighted by Gasteiger charge is 2.19. The summed E-state index contributed by atoms with van der Waals surface area (Å²) in [6, 6.07) is 20.3. The lowest BCUT2D eigenvalue weighted by Crippen LogP contribution is -2.22. The number of nitrogens with one attached hydrogen (secondary N) is 1. The highest BCUT2D eigenvalue weighted by Crippen LogP contribution is 2.29. The van der Waals surface area contributed by atoms with Crippen LogP contribution in [0.1, 0.15) is 10.4 Å². The van der Waals surface area contributed by atoms with Gasteiger partial charge in [-0.15, -0.1) is 0 Å². The smallest absolute Gasteiger partial charge is 0.283 e. The zero-order valence-electron chi connectivity index (χ0n) is 17.7. The van der Waals surface area contributed by atoms with Crippen molar-refractivity contribution in [2.75, 3.05) is 5.75 Å². The van der Waals surface area contributed by atoms with Gasteiger partial charge in [-0.25, -0.2) is 13.8 Å². The van der Waals surface area contributed by atoms with Gasteiger partial charge in [0.1, 0.15) is 22.7 Å². The van der Waals surface area contributed by atoms with Gasteiger partial charge in [-0.2, -0.15) is 0 Å². The summed E-state index contributed by atoms with van der Waals surface area (Å²) >= 11 is 1.09. The van der Waals surface area contributed by atoms with Crippen molar-refractivity contribution >= 4 is 28.6 Å². The standard InChI is InChI=1S/C26H17F2N3O2S/c27-18-8-6-17(7-9-18)22(32)15-34-26-30-23-21(16-4-2-1-3-5-16)14-29-24(23)25(33)31(26)20-12-10-19(28)11-13-20/h1-14,29H,15H2. The minimum absolute atomic E-state index is 0.0180. The van der Waals surface area contributed by atoms with E-state index in [9.17, 15) is 18.4 Å². The predicted octanol–water partition coefficient (Wildman–Crippen LogP) is 5.63. The Kier molecular flexibility index (Phi) is 5.81. The molecular weight excluding hydrogens is 456 g/mol. The maximum absolute atomic E-state index is 13.5. The monoisotopic (exact) mass is 473 g/mol. The second kappa shape index (κ2) is 9.07. The fourth-order valence-electron chi connectivity index (χ4n) is 3.64. The highest BCUT2D eigenvalue weighted by molar-refractivity contribution is 7.99. The van der Waals surface area contributed by atoms with Crippen LogP contribution in [-0.2, 0) is 0 Å². The largest absolute Gasteiger partial charge is 0.355 e. The zero-order chi connectivity index (χ0) is 23.7. The van der Waals surface area contributed by atoms with Crippen molar-refractivity contribution in [2.45, 2.75) is 5.16 Å². The third kappa shape index (κ3) is 4.15. The van der Waals surface area contributed by atoms with E-state index in [1.54, 1.807) is 6.20 Å². The van der Waals surface area contributed by atoms with Crippen molar-refractivity contribution in [3.63, 3.8) is 0 Å². The third-order valence-corrected chi connectivity index (χ3v) is 6.28. The molecule has 3 aromatic carbocycles. The normalized spacial score (nSPS) is 11.1. The van der Waals surface area contributed by atoms with E-state index in [1.165, 1.54) is 53.1 Å². The van der Waals surface area contributed by atoms with Crippen LogP contribution in [-0.4, -0.2) is 26.1 Å². The minimum Gasteiger partial charge on any atom is -0.355 e. The third-order valence-electron chi connectivity index (χ3n) is 5.34. The van der Waals surface area contributed by atoms with Gasteiger partial charge in [0, 0.05) is 17.3 Å². The van der Waals surface area contributed by atoms with Crippen molar-refractivity contribution in [3.8, 4) is 16.8 Å². The number of nitrogens with zero attached hydrogens (tertiary/aromatic N) is 2. The molecule has 0 radical (unpaired) electrons. The minimum atomic E-state index is -0.433. The number of aromatic nitrogens is 3. The van der Waals surface area contributed by atoms with Crippen LogP contribution in [0.2, 0.25) is 0 Å². The molecule has 0 atom stereocenters. The Labute approximate surface area is 197 Å². The number of carbonyl (C=O) groups excluding carboxylic acids is 1. The van der Waals surface area contributed by atoms with E-state index in [-0.39, 0.29) is 22.3 Å². The van der Waals surface area contributed by atoms with E-state index in [2.05, 4.69) is 4.98 Å². The Hall–Kier alpha value is -4.04. The Morgan fingerprint density at radius 2 is 1.56 bits per heavy atom. The molecule has 0 fully saturated rings. The number of halogens is 2. The Bertz CT molecular complexity index is 1540. The first kappa shape index (κ1) is 21.8. The number of hydrogen-bond acceptors (Lipinski definition) is 4. The Balaban J connectivity index is 1.61. The molecule has 34 heavy (non-hydrogen) atoms. The second-order valence-electron chi connectivity index (χ2n) is 7.52. The van der Waals surface area contributed by atoms with Gasteiger partial charge in [-0.3, -0.25) is 14.2 Å². The van der Waals surface area contributed by atoms with Gasteiger partial charge in [-0.1, -0.05) is 42.1 Å². The molecule has 0 aliphatic heterocycles. The summed E-state index contributed by atoms with van der Waals surface area (Å²) in [7, 11) is 0. The van der Waals surface area contributed by atoms with Crippen molar-refractivity contribution in [1.82, 2.24) is 14.5 Å². The van der Waals surface area contributed by atoms with E-state index in [4.69, 9.17) is 4.98 Å². The molecule has 8 heteroatoms. The Morgan fingerprint density at radius 1 is 0.912 bits per heavy atom. The number of aromatic amines is 1. The zero-order valence-corrected chi connectivity index (χ0v) is 18.5. The SMILES string of the molecule is O=C(CSc1nc2c(-c3ccccc3)c[nH]c2c(=O)n1-c1ccc(F)cc1)c1ccc(F)cc1. The van der Waals surface area contributed by atoms with Crippen LogP contribution in [0, 0.1) is 11.6 Å². The number of H-pyrrole nitrogens is 1. The highest BCUT2D eigenvalue weighted by atomic mass is 32.2. The van der Waals surface area contributed by atoms with Crippen molar-refractivity contribution < 1.29 is 13.6 Å². The fourth-order valence-corrected chi connectivity index (χ4v) is 4.54. The van der Waals surface area contributed by atoms with E-state index in [0.717, 1.165) is 22.9 Å². The van der Waals surface area contributed by atoms with Gasteiger partial charge >= 0.3 is 0 Å². The molecule has 0 saturated carbocycles. The molecule has 1 N–H and O–H groups in total. The average Bonchev–Trinajstić information content (AvgIpc) is 3.29. The van der Waals surface area contributed by atoms with Crippen molar-refractivity contribution in [1.29, 1.82) is 0 Å². The number of Topliss-reactive ketones (excluding diaryl/α,β-unsaturated/α-hetero) is 1. The molecule has 5 rings (SSSR count). The van der Waals surface area contributed by atoms with Crippen LogP contribution >= 0.6 is 11.8 Å². The summed E-state index contributed by atoms with van der Waals surface area (Å²) in [5, 5.41) is 0.288. The summed E-state index contributed by atoms with van der Waals surface area (Å²) in [6.07, 6.45) is 1.72. The van der Waals surface area contributed by atoms with Gasteiger partial charge in [0.25, 0.3) is 5.56 Å². The van der Waals surface area contributed by atoms with Gasteiger partial charge in [-0.05, 0) is 54.1 Å². The topological polar surface area (TPSA) is 67.8 Å². The lowest BCUT2D eigenvalue weighted by atomic mass is 10.1. The maximum atomic E-state index is 13.5. The molecule has 0 amide bonds. The fraction of sp³-hybridized carbons (Fsp3) is 0.0385. The summed E-state index contributed by atoms with van der Waals surface area (Å²) in [5.74, 6) is -1.11. The average molecular weight is 474 g/mol. The molecular formula is C26H17F2N3O2S. The van der Waals surface area contributed by atoms with E-state index >= 15 is 0 Å². The first-order valence-corrected chi connectivity index (χ1v) is 11.4. The molecule has 2 aromatic heterocycles. The van der Waals surface area contributed by atoms with Crippen LogP contribution in [0.15, 0.2) is 95.0 Å². The quantitative estimate of drug-likeness (QED) is 0.197. The van der Waals surface area contributed by atoms with Crippen LogP contribution in [0.4, 0.5) is 8.78 Å². The molecule has 0 aliphatic carbocycles. The van der Waals surface area contributed by atoms with E-state index in [1.807, 2.05) is 30.3 Å². The second-order valence-corrected chi connectivity index (χ2v) is 8.46. The van der Waals surface area contributed by atoms with Crippen LogP contribution < -0.4 is 5.56 Å². The summed E-state index contributed by atoms with van der Waals surface area (Å²) in [5.41, 5.74) is 2.84. The molecule has 5 nitrogen and oxygen atoms in total. The molecule has 0 spiro atoms. The number of ketones is 1. The molecule has 168 valence electrons. The van der Waals surface area contributed by atoms with Gasteiger partial charge in [0.2, 0.25) is 0 Å². The van der Waals surface area contributed by atoms with Gasteiger partial charge < -0.3 is 4.98 Å². The number of fused-ring (bicyclic) bond motifs is 1. The van der Waals surface area contributed by atoms with Gasteiger partial charge in [0.15, 0.2) is 10.9 Å². The Morgan fingerprint density at radius 3 is 2.24 bits per heavy atom. The summed E-state index contributed by atoms with van der Waals surface area (Å²) in [4.78, 5) is 33.9. The first-order chi connectivity index (χ1) is 16.5. The molecule has 5 aromatic rings. The number of carbonyl (C=O) groups is 1. The van der Waals surface area contributed by atoms with E-state index in [0.29, 0.717) is 22.3 Å². The number of thioether (sulfide) groups is 1. The van der Waals surface area contributed by atoms with Crippen molar-refractivity contribution in [3.05, 3.63) is 113 Å². The lowest BCUT2D eigenvalue weighted by molar-refractivity contribution is 0.102. The summed E-state index contributed by atoms with van der Waals surface area (Å²) < 4.78 is 28.1. The van der Waals surface area contributed by atoms with Crippen molar-refractivity contribution in [2.24, 2.45) is 0 Å². The van der Waals surface area contributed by atoms with E-state index < -0.39 is 11.6 Å². The molecule has 0 bridgehead atoms. The number of hydrogen-bond donors (Lipinski definition) is 1. The number of benzene rings is 3. The van der Waals surface area contributed by atoms with Crippen LogP contribution in [0.3, 0.4) is 0 Å². The molecule has 0 aliphatic rings.